The van der Waals surface area contributed by atoms with E-state index in [9.17, 15) is 14.9 Å². The first-order valence-corrected chi connectivity index (χ1v) is 7.98. The first-order chi connectivity index (χ1) is 12.5. The Morgan fingerprint density at radius 1 is 1.15 bits per heavy atom. The number of halogens is 1. The van der Waals surface area contributed by atoms with Crippen molar-refractivity contribution in [2.45, 2.75) is 0 Å². The van der Waals surface area contributed by atoms with Gasteiger partial charge in [-0.15, -0.1) is 0 Å². The lowest BCUT2D eigenvalue weighted by molar-refractivity contribution is -0.384. The minimum Gasteiger partial charge on any atom is -0.493 e. The summed E-state index contributed by atoms with van der Waals surface area (Å²) >= 11 is 5.89. The number of para-hydroxylation sites is 2. The molecular weight excluding hydrogens is 364 g/mol. The lowest BCUT2D eigenvalue weighted by Gasteiger charge is -2.11. The second-order valence-corrected chi connectivity index (χ2v) is 5.42. The molecule has 0 heterocycles. The highest BCUT2D eigenvalue weighted by molar-refractivity contribution is 6.32. The predicted molar refractivity (Wildman–Crippen MR) is 95.1 cm³/mol. The van der Waals surface area contributed by atoms with Crippen molar-refractivity contribution in [2.24, 2.45) is 0 Å². The molecule has 0 radical (unpaired) electrons. The van der Waals surface area contributed by atoms with Crippen LogP contribution >= 0.6 is 11.6 Å². The van der Waals surface area contributed by atoms with E-state index >= 15 is 0 Å². The number of nitrogens with zero attached hydrogens (tertiary/aromatic N) is 1. The number of nitro groups is 1. The average Bonchev–Trinajstić information content (AvgIpc) is 2.64. The number of rotatable bonds is 9. The molecule has 0 fully saturated rings. The zero-order chi connectivity index (χ0) is 18.9. The molecule has 0 bridgehead atoms. The van der Waals surface area contributed by atoms with E-state index in [0.717, 1.165) is 6.07 Å². The Hall–Kier alpha value is -3.00. The molecule has 0 aliphatic carbocycles. The van der Waals surface area contributed by atoms with Gasteiger partial charge in [-0.05, 0) is 18.2 Å². The molecule has 0 saturated heterocycles. The van der Waals surface area contributed by atoms with E-state index in [1.807, 2.05) is 12.1 Å². The van der Waals surface area contributed by atoms with Crippen LogP contribution < -0.4 is 19.5 Å². The third kappa shape index (κ3) is 5.52. The van der Waals surface area contributed by atoms with Crippen LogP contribution in [-0.4, -0.2) is 37.7 Å². The molecule has 0 saturated carbocycles. The number of methoxy groups -OCH3 is 1. The van der Waals surface area contributed by atoms with Crippen molar-refractivity contribution in [2.75, 3.05) is 26.9 Å². The summed E-state index contributed by atoms with van der Waals surface area (Å²) in [6.07, 6.45) is 0. The zero-order valence-electron chi connectivity index (χ0n) is 13.9. The molecule has 1 N–H and O–H groups in total. The van der Waals surface area contributed by atoms with Crippen molar-refractivity contribution >= 4 is 23.2 Å². The van der Waals surface area contributed by atoms with Gasteiger partial charge < -0.3 is 19.5 Å². The van der Waals surface area contributed by atoms with E-state index in [-0.39, 0.29) is 42.1 Å². The van der Waals surface area contributed by atoms with E-state index in [4.69, 9.17) is 25.8 Å². The Morgan fingerprint density at radius 3 is 2.54 bits per heavy atom. The van der Waals surface area contributed by atoms with Crippen LogP contribution in [0, 0.1) is 10.1 Å². The van der Waals surface area contributed by atoms with E-state index < -0.39 is 4.92 Å². The summed E-state index contributed by atoms with van der Waals surface area (Å²) in [6.45, 7) is 0.255. The molecule has 1 amide bonds. The van der Waals surface area contributed by atoms with Gasteiger partial charge in [0, 0.05) is 12.1 Å². The number of ether oxygens (including phenoxy) is 3. The molecule has 2 rings (SSSR count). The van der Waals surface area contributed by atoms with E-state index in [1.54, 1.807) is 19.2 Å². The molecule has 26 heavy (non-hydrogen) atoms. The van der Waals surface area contributed by atoms with Gasteiger partial charge in [-0.2, -0.15) is 0 Å². The summed E-state index contributed by atoms with van der Waals surface area (Å²) in [5.74, 6) is 1.01. The SMILES string of the molecule is COc1ccccc1OCCNC(=O)COc1ccc([N+](=O)[O-])cc1Cl. The van der Waals surface area contributed by atoms with Crippen molar-refractivity contribution in [1.29, 1.82) is 0 Å². The monoisotopic (exact) mass is 380 g/mol. The van der Waals surface area contributed by atoms with Crippen LogP contribution in [0.2, 0.25) is 5.02 Å². The minimum absolute atomic E-state index is 0.0616. The molecular formula is C17H17ClN2O6. The summed E-state index contributed by atoms with van der Waals surface area (Å²) in [4.78, 5) is 21.8. The number of non-ortho nitro benzene ring substituents is 1. The summed E-state index contributed by atoms with van der Waals surface area (Å²) < 4.78 is 15.9. The van der Waals surface area contributed by atoms with Crippen LogP contribution in [0.1, 0.15) is 0 Å². The number of hydrogen-bond acceptors (Lipinski definition) is 6. The Balaban J connectivity index is 1.73. The topological polar surface area (TPSA) is 99.9 Å². The largest absolute Gasteiger partial charge is 0.493 e. The molecule has 138 valence electrons. The van der Waals surface area contributed by atoms with E-state index in [1.165, 1.54) is 12.1 Å². The Labute approximate surface area is 154 Å². The molecule has 0 unspecified atom stereocenters. The minimum atomic E-state index is -0.565. The van der Waals surface area contributed by atoms with Gasteiger partial charge >= 0.3 is 0 Å². The second-order valence-electron chi connectivity index (χ2n) is 5.01. The molecule has 2 aromatic carbocycles. The van der Waals surface area contributed by atoms with Crippen molar-refractivity contribution in [3.63, 3.8) is 0 Å². The van der Waals surface area contributed by atoms with Crippen LogP contribution in [-0.2, 0) is 4.79 Å². The lowest BCUT2D eigenvalue weighted by Crippen LogP contribution is -2.32. The number of nitrogens with one attached hydrogen (secondary N) is 1. The maximum absolute atomic E-state index is 11.8. The fourth-order valence-electron chi connectivity index (χ4n) is 2.00. The smallest absolute Gasteiger partial charge is 0.271 e. The first kappa shape index (κ1) is 19.3. The van der Waals surface area contributed by atoms with E-state index in [0.29, 0.717) is 11.5 Å². The summed E-state index contributed by atoms with van der Waals surface area (Å²) in [5, 5.41) is 13.3. The third-order valence-corrected chi connectivity index (χ3v) is 3.53. The molecule has 9 heteroatoms. The first-order valence-electron chi connectivity index (χ1n) is 7.60. The average molecular weight is 381 g/mol. The molecule has 0 spiro atoms. The van der Waals surface area contributed by atoms with Gasteiger partial charge in [0.2, 0.25) is 0 Å². The predicted octanol–water partition coefficient (Wildman–Crippen LogP) is 2.83. The van der Waals surface area contributed by atoms with Crippen molar-refractivity contribution < 1.29 is 23.9 Å². The Bertz CT molecular complexity index is 784. The Kier molecular flexibility index (Phi) is 7.04. The number of amides is 1. The van der Waals surface area contributed by atoms with Gasteiger partial charge in [0.05, 0.1) is 23.6 Å². The van der Waals surface area contributed by atoms with Gasteiger partial charge in [0.25, 0.3) is 11.6 Å². The van der Waals surface area contributed by atoms with Gasteiger partial charge in [0.1, 0.15) is 12.4 Å². The van der Waals surface area contributed by atoms with Crippen LogP contribution in [0.4, 0.5) is 5.69 Å². The van der Waals surface area contributed by atoms with Gasteiger partial charge in [-0.25, -0.2) is 0 Å². The molecule has 8 nitrogen and oxygen atoms in total. The molecule has 0 aliphatic rings. The Morgan fingerprint density at radius 2 is 1.88 bits per heavy atom. The number of carbonyl (C=O) groups is 1. The van der Waals surface area contributed by atoms with Crippen molar-refractivity contribution in [1.82, 2.24) is 5.32 Å². The number of hydrogen-bond donors (Lipinski definition) is 1. The van der Waals surface area contributed by atoms with Gasteiger partial charge in [-0.3, -0.25) is 14.9 Å². The fraction of sp³-hybridized carbons (Fsp3) is 0.235. The second kappa shape index (κ2) is 9.47. The van der Waals surface area contributed by atoms with Crippen LogP contribution in [0.3, 0.4) is 0 Å². The summed E-state index contributed by atoms with van der Waals surface area (Å²) in [5.41, 5.74) is -0.153. The quantitative estimate of drug-likeness (QED) is 0.408. The highest BCUT2D eigenvalue weighted by Crippen LogP contribution is 2.28. The van der Waals surface area contributed by atoms with Crippen LogP contribution in [0.15, 0.2) is 42.5 Å². The summed E-state index contributed by atoms with van der Waals surface area (Å²) in [7, 11) is 1.55. The normalized spacial score (nSPS) is 10.1. The summed E-state index contributed by atoms with van der Waals surface area (Å²) in [6, 6.07) is 10.9. The van der Waals surface area contributed by atoms with Crippen molar-refractivity contribution in [3.05, 3.63) is 57.6 Å². The standard InChI is InChI=1S/C17H17ClN2O6/c1-24-15-4-2-3-5-16(15)25-9-8-19-17(21)11-26-14-7-6-12(20(22)23)10-13(14)18/h2-7,10H,8-9,11H2,1H3,(H,19,21). The zero-order valence-corrected chi connectivity index (χ0v) is 14.7. The molecule has 0 atom stereocenters. The fourth-order valence-corrected chi connectivity index (χ4v) is 2.23. The number of nitro benzene ring substituents is 1. The van der Waals surface area contributed by atoms with Crippen LogP contribution in [0.5, 0.6) is 17.2 Å². The number of carbonyl (C=O) groups excluding carboxylic acids is 1. The lowest BCUT2D eigenvalue weighted by atomic mass is 10.3. The highest BCUT2D eigenvalue weighted by Gasteiger charge is 2.11. The maximum atomic E-state index is 11.8. The molecule has 2 aromatic rings. The third-order valence-electron chi connectivity index (χ3n) is 3.24. The maximum Gasteiger partial charge on any atom is 0.271 e. The number of benzene rings is 2. The van der Waals surface area contributed by atoms with Gasteiger partial charge in [0.15, 0.2) is 18.1 Å². The molecule has 0 aliphatic heterocycles. The highest BCUT2D eigenvalue weighted by atomic mass is 35.5. The van der Waals surface area contributed by atoms with E-state index in [2.05, 4.69) is 5.32 Å². The van der Waals surface area contributed by atoms with Crippen LogP contribution in [0.25, 0.3) is 0 Å². The van der Waals surface area contributed by atoms with Gasteiger partial charge in [-0.1, -0.05) is 23.7 Å². The molecule has 0 aromatic heterocycles. The van der Waals surface area contributed by atoms with Crippen molar-refractivity contribution in [3.8, 4) is 17.2 Å².